The zero-order valence-electron chi connectivity index (χ0n) is 8.92. The summed E-state index contributed by atoms with van der Waals surface area (Å²) in [5.74, 6) is 0.670. The lowest BCUT2D eigenvalue weighted by molar-refractivity contribution is -0.126. The molecule has 0 bridgehead atoms. The summed E-state index contributed by atoms with van der Waals surface area (Å²) in [6, 6.07) is 0. The first kappa shape index (κ1) is 11.7. The van der Waals surface area contributed by atoms with Gasteiger partial charge in [0.05, 0.1) is 0 Å². The molecule has 2 nitrogen and oxygen atoms in total. The smallest absolute Gasteiger partial charge is 0.138 e. The number of carbonyl (C=O) groups excluding carboxylic acids is 1. The van der Waals surface area contributed by atoms with Gasteiger partial charge >= 0.3 is 0 Å². The number of hydrogen-bond acceptors (Lipinski definition) is 2. The minimum absolute atomic E-state index is 0.242. The van der Waals surface area contributed by atoms with Crippen molar-refractivity contribution in [2.24, 2.45) is 5.92 Å². The molecular formula is C11H18ClNO. The Hall–Kier alpha value is -0.340. The van der Waals surface area contributed by atoms with Gasteiger partial charge in [-0.3, -0.25) is 9.69 Å². The quantitative estimate of drug-likeness (QED) is 0.721. The van der Waals surface area contributed by atoms with Crippen LogP contribution in [0, 0.1) is 5.92 Å². The molecule has 0 radical (unpaired) electrons. The van der Waals surface area contributed by atoms with E-state index in [4.69, 9.17) is 11.6 Å². The van der Waals surface area contributed by atoms with Gasteiger partial charge in [-0.15, -0.1) is 0 Å². The van der Waals surface area contributed by atoms with Crippen molar-refractivity contribution in [1.29, 1.82) is 0 Å². The zero-order valence-corrected chi connectivity index (χ0v) is 9.68. The highest BCUT2D eigenvalue weighted by Crippen LogP contribution is 2.16. The van der Waals surface area contributed by atoms with E-state index in [1.807, 2.05) is 6.92 Å². The number of hydrogen-bond donors (Lipinski definition) is 0. The second-order valence-electron chi connectivity index (χ2n) is 4.01. The van der Waals surface area contributed by atoms with Crippen LogP contribution in [0.1, 0.15) is 26.7 Å². The van der Waals surface area contributed by atoms with E-state index < -0.39 is 0 Å². The summed E-state index contributed by atoms with van der Waals surface area (Å²) in [7, 11) is 0. The molecule has 0 aromatic rings. The van der Waals surface area contributed by atoms with Crippen molar-refractivity contribution in [3.63, 3.8) is 0 Å². The van der Waals surface area contributed by atoms with Gasteiger partial charge in [-0.1, -0.05) is 18.5 Å². The molecule has 1 saturated heterocycles. The molecule has 1 heterocycles. The Morgan fingerprint density at radius 2 is 2.43 bits per heavy atom. The van der Waals surface area contributed by atoms with Gasteiger partial charge in [-0.05, 0) is 18.9 Å². The van der Waals surface area contributed by atoms with Gasteiger partial charge in [-0.2, -0.15) is 0 Å². The SMILES string of the molecule is CCC1CN(CC(C)=CCl)CCC1=O. The van der Waals surface area contributed by atoms with Crippen LogP contribution in [0.3, 0.4) is 0 Å². The highest BCUT2D eigenvalue weighted by molar-refractivity contribution is 6.25. The Morgan fingerprint density at radius 1 is 1.71 bits per heavy atom. The van der Waals surface area contributed by atoms with Crippen molar-refractivity contribution in [3.05, 3.63) is 11.1 Å². The van der Waals surface area contributed by atoms with Crippen LogP contribution in [0.15, 0.2) is 11.1 Å². The number of ketones is 1. The van der Waals surface area contributed by atoms with Crippen LogP contribution in [0.25, 0.3) is 0 Å². The van der Waals surface area contributed by atoms with Gasteiger partial charge in [0.1, 0.15) is 5.78 Å². The second-order valence-corrected chi connectivity index (χ2v) is 4.23. The summed E-state index contributed by atoms with van der Waals surface area (Å²) in [5.41, 5.74) is 2.79. The number of halogens is 1. The number of rotatable bonds is 3. The van der Waals surface area contributed by atoms with Crippen molar-refractivity contribution >= 4 is 17.4 Å². The number of Topliss-reactive ketones (excluding diaryl/α,β-unsaturated/α-hetero) is 1. The third kappa shape index (κ3) is 3.10. The van der Waals surface area contributed by atoms with Crippen molar-refractivity contribution in [2.45, 2.75) is 26.7 Å². The summed E-state index contributed by atoms with van der Waals surface area (Å²) in [5, 5.41) is 0. The maximum atomic E-state index is 11.5. The highest BCUT2D eigenvalue weighted by Gasteiger charge is 2.25. The summed E-state index contributed by atoms with van der Waals surface area (Å²) in [6.45, 7) is 6.78. The number of likely N-dealkylation sites (tertiary alicyclic amines) is 1. The van der Waals surface area contributed by atoms with Crippen LogP contribution in [0.5, 0.6) is 0 Å². The summed E-state index contributed by atoms with van der Waals surface area (Å²) in [6.07, 6.45) is 1.66. The molecule has 0 N–H and O–H groups in total. The van der Waals surface area contributed by atoms with Gasteiger partial charge in [-0.25, -0.2) is 0 Å². The first-order valence-electron chi connectivity index (χ1n) is 5.18. The van der Waals surface area contributed by atoms with E-state index in [0.29, 0.717) is 12.2 Å². The highest BCUT2D eigenvalue weighted by atomic mass is 35.5. The molecule has 1 unspecified atom stereocenters. The van der Waals surface area contributed by atoms with Crippen LogP contribution in [-0.2, 0) is 4.79 Å². The molecule has 0 aromatic heterocycles. The Kier molecular flexibility index (Phi) is 4.63. The molecular weight excluding hydrogens is 198 g/mol. The van der Waals surface area contributed by atoms with Crippen molar-refractivity contribution in [2.75, 3.05) is 19.6 Å². The Balaban J connectivity index is 2.46. The minimum atomic E-state index is 0.242. The number of piperidine rings is 1. The predicted molar refractivity (Wildman–Crippen MR) is 59.5 cm³/mol. The van der Waals surface area contributed by atoms with E-state index in [9.17, 15) is 4.79 Å². The first-order valence-corrected chi connectivity index (χ1v) is 5.62. The van der Waals surface area contributed by atoms with Crippen LogP contribution in [0.2, 0.25) is 0 Å². The monoisotopic (exact) mass is 215 g/mol. The molecule has 0 aliphatic carbocycles. The number of carbonyl (C=O) groups is 1. The average molecular weight is 216 g/mol. The first-order chi connectivity index (χ1) is 6.67. The van der Waals surface area contributed by atoms with Gasteiger partial charge in [0.25, 0.3) is 0 Å². The molecule has 3 heteroatoms. The van der Waals surface area contributed by atoms with Crippen LogP contribution >= 0.6 is 11.6 Å². The molecule has 1 rings (SSSR count). The number of nitrogens with zero attached hydrogens (tertiary/aromatic N) is 1. The molecule has 1 atom stereocenters. The largest absolute Gasteiger partial charge is 0.299 e. The summed E-state index contributed by atoms with van der Waals surface area (Å²) < 4.78 is 0. The van der Waals surface area contributed by atoms with Crippen molar-refractivity contribution in [1.82, 2.24) is 4.90 Å². The van der Waals surface area contributed by atoms with Gasteiger partial charge in [0.15, 0.2) is 0 Å². The topological polar surface area (TPSA) is 20.3 Å². The van der Waals surface area contributed by atoms with Crippen LogP contribution in [-0.4, -0.2) is 30.3 Å². The molecule has 0 aromatic carbocycles. The fourth-order valence-corrected chi connectivity index (χ4v) is 1.93. The second kappa shape index (κ2) is 5.52. The standard InChI is InChI=1S/C11H18ClNO/c1-3-10-8-13(5-4-11(10)14)7-9(2)6-12/h6,10H,3-5,7-8H2,1-2H3. The minimum Gasteiger partial charge on any atom is -0.299 e. The lowest BCUT2D eigenvalue weighted by atomic mass is 9.94. The maximum absolute atomic E-state index is 11.5. The van der Waals surface area contributed by atoms with Crippen molar-refractivity contribution in [3.8, 4) is 0 Å². The normalized spacial score (nSPS) is 25.5. The molecule has 80 valence electrons. The Labute approximate surface area is 90.9 Å². The molecule has 1 aliphatic rings. The predicted octanol–water partition coefficient (Wildman–Crippen LogP) is 2.43. The van der Waals surface area contributed by atoms with Crippen LogP contribution in [0.4, 0.5) is 0 Å². The lowest BCUT2D eigenvalue weighted by Gasteiger charge is -2.31. The third-order valence-corrected chi connectivity index (χ3v) is 3.13. The Morgan fingerprint density at radius 3 is 3.00 bits per heavy atom. The van der Waals surface area contributed by atoms with Gasteiger partial charge in [0, 0.05) is 37.5 Å². The molecule has 0 amide bonds. The maximum Gasteiger partial charge on any atom is 0.138 e. The van der Waals surface area contributed by atoms with E-state index in [0.717, 1.165) is 31.6 Å². The summed E-state index contributed by atoms with van der Waals surface area (Å²) >= 11 is 5.61. The van der Waals surface area contributed by atoms with E-state index in [1.54, 1.807) is 5.54 Å². The fraction of sp³-hybridized carbons (Fsp3) is 0.727. The van der Waals surface area contributed by atoms with Crippen LogP contribution < -0.4 is 0 Å². The molecule has 1 aliphatic heterocycles. The van der Waals surface area contributed by atoms with E-state index in [2.05, 4.69) is 11.8 Å². The molecule has 0 spiro atoms. The molecule has 14 heavy (non-hydrogen) atoms. The fourth-order valence-electron chi connectivity index (χ4n) is 1.86. The summed E-state index contributed by atoms with van der Waals surface area (Å²) in [4.78, 5) is 13.8. The van der Waals surface area contributed by atoms with E-state index in [-0.39, 0.29) is 5.92 Å². The van der Waals surface area contributed by atoms with Gasteiger partial charge < -0.3 is 0 Å². The van der Waals surface area contributed by atoms with E-state index in [1.165, 1.54) is 0 Å². The Bertz CT molecular complexity index is 237. The molecule has 1 fully saturated rings. The van der Waals surface area contributed by atoms with Crippen molar-refractivity contribution < 1.29 is 4.79 Å². The lowest BCUT2D eigenvalue weighted by Crippen LogP contribution is -2.41. The van der Waals surface area contributed by atoms with Gasteiger partial charge in [0.2, 0.25) is 0 Å². The molecule has 0 saturated carbocycles. The average Bonchev–Trinajstić information content (AvgIpc) is 2.20. The zero-order chi connectivity index (χ0) is 10.6. The van der Waals surface area contributed by atoms with E-state index >= 15 is 0 Å². The third-order valence-electron chi connectivity index (χ3n) is 2.76.